The number of para-hydroxylation sites is 2. The molecule has 1 saturated carbocycles. The van der Waals surface area contributed by atoms with E-state index >= 15 is 0 Å². The molecule has 1 aliphatic rings. The summed E-state index contributed by atoms with van der Waals surface area (Å²) in [6.07, 6.45) is 5.16. The molecule has 7 nitrogen and oxygen atoms in total. The number of carbonyl (C=O) groups is 3. The van der Waals surface area contributed by atoms with Gasteiger partial charge >= 0.3 is 6.03 Å². The molecule has 3 rings (SSSR count). The minimum absolute atomic E-state index is 0.000793. The van der Waals surface area contributed by atoms with Crippen LogP contribution in [0, 0.1) is 0 Å². The third-order valence-corrected chi connectivity index (χ3v) is 4.37. The smallest absolute Gasteiger partial charge is 0.319 e. The van der Waals surface area contributed by atoms with Gasteiger partial charge in [0.1, 0.15) is 0 Å². The molecule has 0 saturated heterocycles. The first kappa shape index (κ1) is 21.1. The van der Waals surface area contributed by atoms with Crippen LogP contribution in [0.15, 0.2) is 54.6 Å². The molecular formula is C23H26N4O3. The summed E-state index contributed by atoms with van der Waals surface area (Å²) in [7, 11) is 0. The van der Waals surface area contributed by atoms with Crippen LogP contribution in [0.1, 0.15) is 42.6 Å². The van der Waals surface area contributed by atoms with Crippen LogP contribution < -0.4 is 21.3 Å². The van der Waals surface area contributed by atoms with Crippen molar-refractivity contribution in [3.05, 3.63) is 65.7 Å². The molecule has 0 radical (unpaired) electrons. The molecule has 2 aromatic carbocycles. The lowest BCUT2D eigenvalue weighted by Crippen LogP contribution is -2.34. The maximum absolute atomic E-state index is 12.3. The Labute approximate surface area is 175 Å². The fourth-order valence-corrected chi connectivity index (χ4v) is 2.71. The first-order chi connectivity index (χ1) is 14.4. The molecule has 0 aliphatic heterocycles. The van der Waals surface area contributed by atoms with Gasteiger partial charge in [-0.3, -0.25) is 9.59 Å². The van der Waals surface area contributed by atoms with E-state index in [2.05, 4.69) is 21.3 Å². The van der Waals surface area contributed by atoms with Crippen molar-refractivity contribution in [3.8, 4) is 0 Å². The summed E-state index contributed by atoms with van der Waals surface area (Å²) in [5.74, 6) is -0.402. The van der Waals surface area contributed by atoms with Crippen molar-refractivity contribution in [1.29, 1.82) is 0 Å². The maximum Gasteiger partial charge on any atom is 0.319 e. The van der Waals surface area contributed by atoms with Crippen molar-refractivity contribution in [1.82, 2.24) is 10.6 Å². The number of hydrogen-bond donors (Lipinski definition) is 4. The molecular weight excluding hydrogens is 380 g/mol. The summed E-state index contributed by atoms with van der Waals surface area (Å²) in [6, 6.07) is 14.0. The maximum atomic E-state index is 12.3. The van der Waals surface area contributed by atoms with Gasteiger partial charge in [-0.05, 0) is 62.6 Å². The van der Waals surface area contributed by atoms with Gasteiger partial charge in [-0.2, -0.15) is 0 Å². The highest BCUT2D eigenvalue weighted by Gasteiger charge is 2.23. The van der Waals surface area contributed by atoms with Crippen molar-refractivity contribution in [2.75, 3.05) is 10.6 Å². The van der Waals surface area contributed by atoms with Crippen LogP contribution >= 0.6 is 0 Å². The van der Waals surface area contributed by atoms with E-state index in [9.17, 15) is 14.4 Å². The van der Waals surface area contributed by atoms with E-state index in [0.717, 1.165) is 18.4 Å². The summed E-state index contributed by atoms with van der Waals surface area (Å²) in [6.45, 7) is 3.73. The van der Waals surface area contributed by atoms with Crippen LogP contribution in [-0.4, -0.2) is 29.9 Å². The number of hydrogen-bond acceptors (Lipinski definition) is 3. The second-order valence-electron chi connectivity index (χ2n) is 7.49. The quantitative estimate of drug-likeness (QED) is 0.527. The molecule has 4 amide bonds. The highest BCUT2D eigenvalue weighted by atomic mass is 16.2. The Morgan fingerprint density at radius 2 is 1.57 bits per heavy atom. The predicted molar refractivity (Wildman–Crippen MR) is 118 cm³/mol. The van der Waals surface area contributed by atoms with Crippen molar-refractivity contribution >= 4 is 35.3 Å². The third-order valence-electron chi connectivity index (χ3n) is 4.37. The average Bonchev–Trinajstić information content (AvgIpc) is 3.51. The predicted octanol–water partition coefficient (Wildman–Crippen LogP) is 3.76. The van der Waals surface area contributed by atoms with Crippen LogP contribution in [0.4, 0.5) is 16.2 Å². The number of carbonyl (C=O) groups excluding carboxylic acids is 3. The highest BCUT2D eigenvalue weighted by Crippen LogP contribution is 2.21. The molecule has 4 N–H and O–H groups in total. The lowest BCUT2D eigenvalue weighted by atomic mass is 10.1. The molecule has 0 heterocycles. The normalized spacial score (nSPS) is 13.2. The van der Waals surface area contributed by atoms with Gasteiger partial charge in [0, 0.05) is 23.7 Å². The zero-order valence-electron chi connectivity index (χ0n) is 17.1. The van der Waals surface area contributed by atoms with E-state index < -0.39 is 0 Å². The van der Waals surface area contributed by atoms with E-state index in [1.165, 1.54) is 6.08 Å². The van der Waals surface area contributed by atoms with Crippen LogP contribution in [-0.2, 0) is 4.79 Å². The minimum atomic E-state index is -0.340. The fraction of sp³-hybridized carbons (Fsp3) is 0.261. The number of nitrogens with one attached hydrogen (secondary N) is 4. The first-order valence-corrected chi connectivity index (χ1v) is 9.97. The summed E-state index contributed by atoms with van der Waals surface area (Å²) >= 11 is 0. The molecule has 2 aromatic rings. The highest BCUT2D eigenvalue weighted by molar-refractivity contribution is 6.05. The van der Waals surface area contributed by atoms with Gasteiger partial charge in [-0.1, -0.05) is 24.3 Å². The molecule has 7 heteroatoms. The molecule has 1 fully saturated rings. The zero-order chi connectivity index (χ0) is 21.5. The largest absolute Gasteiger partial charge is 0.349 e. The number of benzene rings is 2. The van der Waals surface area contributed by atoms with E-state index in [-0.39, 0.29) is 23.9 Å². The van der Waals surface area contributed by atoms with Crippen molar-refractivity contribution in [2.24, 2.45) is 0 Å². The van der Waals surface area contributed by atoms with Crippen molar-refractivity contribution in [2.45, 2.75) is 38.8 Å². The molecule has 1 aliphatic carbocycles. The van der Waals surface area contributed by atoms with Gasteiger partial charge in [-0.15, -0.1) is 0 Å². The standard InChI is InChI=1S/C23H26N4O3/c1-15(2)24-23(30)27-20-6-4-3-5-19(20)26-21(28)14-9-16-7-10-17(11-8-16)22(29)25-18-12-13-18/h3-11,14-15,18H,12-13H2,1-2H3,(H,25,29)(H,26,28)(H2,24,27,30)/b14-9+. The molecule has 0 unspecified atom stereocenters. The van der Waals surface area contributed by atoms with Crippen LogP contribution in [0.3, 0.4) is 0 Å². The van der Waals surface area contributed by atoms with Crippen LogP contribution in [0.25, 0.3) is 6.08 Å². The van der Waals surface area contributed by atoms with Crippen LogP contribution in [0.5, 0.6) is 0 Å². The van der Waals surface area contributed by atoms with Crippen molar-refractivity contribution in [3.63, 3.8) is 0 Å². The number of urea groups is 1. The minimum Gasteiger partial charge on any atom is -0.349 e. The Hall–Kier alpha value is -3.61. The van der Waals surface area contributed by atoms with Gasteiger partial charge < -0.3 is 21.3 Å². The number of amides is 4. The molecule has 0 spiro atoms. The second kappa shape index (κ2) is 9.73. The second-order valence-corrected chi connectivity index (χ2v) is 7.49. The first-order valence-electron chi connectivity index (χ1n) is 9.97. The van der Waals surface area contributed by atoms with Crippen molar-refractivity contribution < 1.29 is 14.4 Å². The SMILES string of the molecule is CC(C)NC(=O)Nc1ccccc1NC(=O)/C=C/c1ccc(C(=O)NC2CC2)cc1. The topological polar surface area (TPSA) is 99.3 Å². The van der Waals surface area contributed by atoms with Gasteiger partial charge in [-0.25, -0.2) is 4.79 Å². The average molecular weight is 406 g/mol. The third kappa shape index (κ3) is 6.48. The van der Waals surface area contributed by atoms with E-state index in [1.807, 2.05) is 13.8 Å². The summed E-state index contributed by atoms with van der Waals surface area (Å²) < 4.78 is 0. The molecule has 0 aromatic heterocycles. The summed E-state index contributed by atoms with van der Waals surface area (Å²) in [5.41, 5.74) is 2.40. The molecule has 156 valence electrons. The van der Waals surface area contributed by atoms with Gasteiger partial charge in [0.2, 0.25) is 5.91 Å². The van der Waals surface area contributed by atoms with E-state index in [1.54, 1.807) is 54.6 Å². The lowest BCUT2D eigenvalue weighted by Gasteiger charge is -2.13. The van der Waals surface area contributed by atoms with E-state index in [0.29, 0.717) is 23.0 Å². The van der Waals surface area contributed by atoms with Gasteiger partial charge in [0.05, 0.1) is 11.4 Å². The molecule has 0 atom stereocenters. The number of rotatable bonds is 7. The number of anilines is 2. The Morgan fingerprint density at radius 1 is 0.933 bits per heavy atom. The van der Waals surface area contributed by atoms with E-state index in [4.69, 9.17) is 0 Å². The Morgan fingerprint density at radius 3 is 2.17 bits per heavy atom. The lowest BCUT2D eigenvalue weighted by molar-refractivity contribution is -0.111. The Kier molecular flexibility index (Phi) is 6.85. The van der Waals surface area contributed by atoms with Crippen LogP contribution in [0.2, 0.25) is 0 Å². The monoisotopic (exact) mass is 406 g/mol. The van der Waals surface area contributed by atoms with Gasteiger partial charge in [0.25, 0.3) is 5.91 Å². The van der Waals surface area contributed by atoms with Gasteiger partial charge in [0.15, 0.2) is 0 Å². The fourth-order valence-electron chi connectivity index (χ4n) is 2.71. The Balaban J connectivity index is 1.58. The summed E-state index contributed by atoms with van der Waals surface area (Å²) in [4.78, 5) is 36.3. The Bertz CT molecular complexity index is 947. The summed E-state index contributed by atoms with van der Waals surface area (Å²) in [5, 5.41) is 11.2. The molecule has 0 bridgehead atoms. The zero-order valence-corrected chi connectivity index (χ0v) is 17.1. The molecule has 30 heavy (non-hydrogen) atoms.